The molecule has 0 aromatic carbocycles. The molecule has 0 spiro atoms. The molecule has 0 radical (unpaired) electrons. The third-order valence-electron chi connectivity index (χ3n) is 4.45. The second-order valence-corrected chi connectivity index (χ2v) is 8.35. The number of alkyl halides is 1. The molecule has 25 heavy (non-hydrogen) atoms. The Morgan fingerprint density at radius 2 is 1.72 bits per heavy atom. The Balaban J connectivity index is 1.91. The van der Waals surface area contributed by atoms with Gasteiger partial charge in [-0.05, 0) is 37.2 Å². The number of imide groups is 1. The number of ether oxygens (including phenoxy) is 1. The van der Waals surface area contributed by atoms with Gasteiger partial charge >= 0.3 is 5.97 Å². The van der Waals surface area contributed by atoms with Gasteiger partial charge in [0.05, 0.1) is 11.8 Å². The highest BCUT2D eigenvalue weighted by Gasteiger charge is 2.39. The van der Waals surface area contributed by atoms with Crippen LogP contribution in [0.25, 0.3) is 0 Å². The molecular formula is C17H20Cl3NO4. The van der Waals surface area contributed by atoms with Crippen molar-refractivity contribution in [1.82, 2.24) is 4.90 Å². The van der Waals surface area contributed by atoms with Gasteiger partial charge in [-0.2, -0.15) is 0 Å². The van der Waals surface area contributed by atoms with Crippen LogP contribution < -0.4 is 0 Å². The molecular weight excluding hydrogens is 389 g/mol. The minimum absolute atomic E-state index is 0.0118. The van der Waals surface area contributed by atoms with E-state index in [0.29, 0.717) is 24.0 Å². The van der Waals surface area contributed by atoms with E-state index in [9.17, 15) is 14.4 Å². The molecule has 0 fully saturated rings. The van der Waals surface area contributed by atoms with Crippen LogP contribution in [0.15, 0.2) is 21.7 Å². The van der Waals surface area contributed by atoms with Crippen molar-refractivity contribution in [3.8, 4) is 0 Å². The molecule has 1 aliphatic heterocycles. The third-order valence-corrected chi connectivity index (χ3v) is 5.42. The molecule has 0 aromatic rings. The van der Waals surface area contributed by atoms with Crippen LogP contribution in [-0.2, 0) is 19.1 Å². The van der Waals surface area contributed by atoms with Crippen molar-refractivity contribution in [1.29, 1.82) is 0 Å². The van der Waals surface area contributed by atoms with Crippen molar-refractivity contribution in [3.63, 3.8) is 0 Å². The van der Waals surface area contributed by atoms with Crippen LogP contribution in [0.4, 0.5) is 0 Å². The Labute approximate surface area is 161 Å². The van der Waals surface area contributed by atoms with Gasteiger partial charge in [-0.15, -0.1) is 11.6 Å². The normalized spacial score (nSPS) is 19.0. The van der Waals surface area contributed by atoms with E-state index in [-0.39, 0.29) is 29.5 Å². The molecule has 5 nitrogen and oxygen atoms in total. The smallest absolute Gasteiger partial charge is 0.308 e. The van der Waals surface area contributed by atoms with Crippen molar-refractivity contribution in [2.45, 2.75) is 51.3 Å². The van der Waals surface area contributed by atoms with Gasteiger partial charge in [-0.25, -0.2) is 4.90 Å². The lowest BCUT2D eigenvalue weighted by atomic mass is 9.85. The van der Waals surface area contributed by atoms with E-state index in [4.69, 9.17) is 39.5 Å². The summed E-state index contributed by atoms with van der Waals surface area (Å²) in [6.07, 6.45) is 4.43. The average Bonchev–Trinajstić information content (AvgIpc) is 2.76. The van der Waals surface area contributed by atoms with Crippen LogP contribution in [0.1, 0.15) is 46.0 Å². The molecule has 0 aromatic heterocycles. The molecule has 1 heterocycles. The monoisotopic (exact) mass is 407 g/mol. The highest BCUT2D eigenvalue weighted by Crippen LogP contribution is 2.34. The maximum atomic E-state index is 12.3. The van der Waals surface area contributed by atoms with Gasteiger partial charge in [0.15, 0.2) is 6.73 Å². The predicted octanol–water partition coefficient (Wildman–Crippen LogP) is 4.07. The van der Waals surface area contributed by atoms with E-state index in [1.807, 2.05) is 0 Å². The number of carbonyl (C=O) groups is 3. The van der Waals surface area contributed by atoms with Crippen LogP contribution in [-0.4, -0.2) is 34.8 Å². The lowest BCUT2D eigenvalue weighted by Gasteiger charge is -2.27. The average molecular weight is 409 g/mol. The standard InChI is InChI=1S/C17H20Cl3NO4/c1-17(2,12(18)7-13(19)20)8-14(22)25-9-21-15(23)10-5-3-4-6-11(10)16(21)24/h7,12H,3-6,8-9H2,1-2H3. The number of hydrogen-bond donors (Lipinski definition) is 0. The van der Waals surface area contributed by atoms with Crippen molar-refractivity contribution in [3.05, 3.63) is 21.7 Å². The summed E-state index contributed by atoms with van der Waals surface area (Å²) in [6.45, 7) is 3.16. The van der Waals surface area contributed by atoms with Crippen LogP contribution in [0.2, 0.25) is 0 Å². The Morgan fingerprint density at radius 1 is 1.20 bits per heavy atom. The van der Waals surface area contributed by atoms with E-state index >= 15 is 0 Å². The predicted molar refractivity (Wildman–Crippen MR) is 96.1 cm³/mol. The van der Waals surface area contributed by atoms with E-state index in [2.05, 4.69) is 0 Å². The first-order valence-electron chi connectivity index (χ1n) is 8.04. The Bertz CT molecular complexity index is 622. The molecule has 8 heteroatoms. The van der Waals surface area contributed by atoms with Crippen molar-refractivity contribution in [2.75, 3.05) is 6.73 Å². The minimum Gasteiger partial charge on any atom is -0.444 e. The van der Waals surface area contributed by atoms with Gasteiger partial charge in [0.25, 0.3) is 11.8 Å². The second-order valence-electron chi connectivity index (χ2n) is 6.87. The van der Waals surface area contributed by atoms with Crippen molar-refractivity contribution >= 4 is 52.6 Å². The summed E-state index contributed by atoms with van der Waals surface area (Å²) in [6, 6.07) is 0. The summed E-state index contributed by atoms with van der Waals surface area (Å²) in [5.74, 6) is -1.25. The topological polar surface area (TPSA) is 63.7 Å². The van der Waals surface area contributed by atoms with Gasteiger partial charge in [0.1, 0.15) is 4.49 Å². The summed E-state index contributed by atoms with van der Waals surface area (Å²) < 4.78 is 5.16. The van der Waals surface area contributed by atoms with Crippen LogP contribution >= 0.6 is 34.8 Å². The molecule has 0 saturated carbocycles. The number of esters is 1. The third kappa shape index (κ3) is 4.78. The fourth-order valence-electron chi connectivity index (χ4n) is 2.91. The summed E-state index contributed by atoms with van der Waals surface area (Å²) in [5.41, 5.74) is 0.468. The number of allylic oxidation sites excluding steroid dienone is 1. The summed E-state index contributed by atoms with van der Waals surface area (Å²) in [7, 11) is 0. The number of nitrogens with zero attached hydrogens (tertiary/aromatic N) is 1. The molecule has 0 N–H and O–H groups in total. The fourth-order valence-corrected chi connectivity index (χ4v) is 3.49. The zero-order chi connectivity index (χ0) is 18.8. The lowest BCUT2D eigenvalue weighted by Crippen LogP contribution is -2.36. The van der Waals surface area contributed by atoms with E-state index in [1.54, 1.807) is 13.8 Å². The number of hydrogen-bond acceptors (Lipinski definition) is 4. The molecule has 2 amide bonds. The quantitative estimate of drug-likeness (QED) is 0.377. The van der Waals surface area contributed by atoms with E-state index < -0.39 is 16.8 Å². The van der Waals surface area contributed by atoms with Crippen LogP contribution in [0, 0.1) is 5.41 Å². The highest BCUT2D eigenvalue weighted by atomic mass is 35.5. The van der Waals surface area contributed by atoms with E-state index in [1.165, 1.54) is 6.08 Å². The van der Waals surface area contributed by atoms with Crippen molar-refractivity contribution < 1.29 is 19.1 Å². The first kappa shape index (κ1) is 20.3. The Hall–Kier alpha value is -1.04. The molecule has 1 unspecified atom stereocenters. The minimum atomic E-state index is -0.663. The fraction of sp³-hybridized carbons (Fsp3) is 0.588. The van der Waals surface area contributed by atoms with Crippen LogP contribution in [0.5, 0.6) is 0 Å². The maximum Gasteiger partial charge on any atom is 0.308 e. The molecule has 0 saturated heterocycles. The second kappa shape index (κ2) is 8.11. The Kier molecular flexibility index (Phi) is 6.57. The SMILES string of the molecule is CC(C)(CC(=O)OCN1C(=O)C2=C(CCCC2)C1=O)C(Cl)C=C(Cl)Cl. The van der Waals surface area contributed by atoms with Gasteiger partial charge in [-0.3, -0.25) is 14.4 Å². The van der Waals surface area contributed by atoms with Crippen molar-refractivity contribution in [2.24, 2.45) is 5.41 Å². The molecule has 2 aliphatic rings. The summed E-state index contributed by atoms with van der Waals surface area (Å²) in [5, 5.41) is -0.575. The zero-order valence-electron chi connectivity index (χ0n) is 14.1. The largest absolute Gasteiger partial charge is 0.444 e. The molecule has 2 rings (SSSR count). The molecule has 138 valence electrons. The molecule has 1 aliphatic carbocycles. The first-order chi connectivity index (χ1) is 11.6. The summed E-state index contributed by atoms with van der Waals surface area (Å²) in [4.78, 5) is 37.6. The Morgan fingerprint density at radius 3 is 2.20 bits per heavy atom. The summed E-state index contributed by atoms with van der Waals surface area (Å²) >= 11 is 17.4. The maximum absolute atomic E-state index is 12.3. The number of halogens is 3. The lowest BCUT2D eigenvalue weighted by molar-refractivity contribution is -0.156. The molecule has 1 atom stereocenters. The zero-order valence-corrected chi connectivity index (χ0v) is 16.4. The van der Waals surface area contributed by atoms with Gasteiger partial charge < -0.3 is 4.74 Å². The number of carbonyl (C=O) groups excluding carboxylic acids is 3. The van der Waals surface area contributed by atoms with Gasteiger partial charge in [-0.1, -0.05) is 37.0 Å². The van der Waals surface area contributed by atoms with Gasteiger partial charge in [0, 0.05) is 11.1 Å². The van der Waals surface area contributed by atoms with Gasteiger partial charge in [0.2, 0.25) is 0 Å². The van der Waals surface area contributed by atoms with E-state index in [0.717, 1.165) is 17.7 Å². The number of amides is 2. The molecule has 0 bridgehead atoms. The van der Waals surface area contributed by atoms with Crippen LogP contribution in [0.3, 0.4) is 0 Å². The number of rotatable bonds is 6. The first-order valence-corrected chi connectivity index (χ1v) is 9.23. The highest BCUT2D eigenvalue weighted by molar-refractivity contribution is 6.56.